The number of pyridine rings is 1. The Hall–Kier alpha value is -2.06. The predicted octanol–water partition coefficient (Wildman–Crippen LogP) is 3.12. The molecule has 0 aromatic carbocycles. The highest BCUT2D eigenvalue weighted by atomic mass is 35.5. The Morgan fingerprint density at radius 1 is 1.39 bits per heavy atom. The number of hydrogen-bond acceptors (Lipinski definition) is 4. The van der Waals surface area contributed by atoms with Gasteiger partial charge in [-0.2, -0.15) is 5.26 Å². The molecule has 1 aliphatic rings. The van der Waals surface area contributed by atoms with Gasteiger partial charge < -0.3 is 9.47 Å². The number of aryl methyl sites for hydroxylation is 2. The van der Waals surface area contributed by atoms with Crippen LogP contribution in [-0.2, 0) is 13.0 Å². The van der Waals surface area contributed by atoms with Gasteiger partial charge in [0.2, 0.25) is 0 Å². The summed E-state index contributed by atoms with van der Waals surface area (Å²) in [6.07, 6.45) is 4.84. The summed E-state index contributed by atoms with van der Waals surface area (Å²) in [5, 5.41) is 10.0. The van der Waals surface area contributed by atoms with Crippen LogP contribution in [0.15, 0.2) is 12.4 Å². The Kier molecular flexibility index (Phi) is 4.27. The van der Waals surface area contributed by atoms with Crippen LogP contribution in [0.3, 0.4) is 0 Å². The van der Waals surface area contributed by atoms with Crippen LogP contribution >= 0.6 is 11.6 Å². The largest absolute Gasteiger partial charge is 0.355 e. The number of aromatic nitrogens is 3. The summed E-state index contributed by atoms with van der Waals surface area (Å²) in [6.45, 7) is 8.67. The van der Waals surface area contributed by atoms with E-state index in [0.29, 0.717) is 16.5 Å². The zero-order valence-electron chi connectivity index (χ0n) is 13.7. The molecule has 3 heterocycles. The van der Waals surface area contributed by atoms with Gasteiger partial charge >= 0.3 is 0 Å². The molecule has 3 rings (SSSR count). The quantitative estimate of drug-likeness (QED) is 0.864. The molecule has 1 saturated heterocycles. The van der Waals surface area contributed by atoms with Crippen LogP contribution in [0.2, 0.25) is 5.02 Å². The first kappa shape index (κ1) is 15.8. The van der Waals surface area contributed by atoms with Gasteiger partial charge in [-0.3, -0.25) is 0 Å². The minimum absolute atomic E-state index is 0.555. The molecule has 2 aromatic rings. The number of halogens is 1. The molecule has 0 amide bonds. The molecule has 0 unspecified atom stereocenters. The van der Waals surface area contributed by atoms with Gasteiger partial charge in [0.05, 0.1) is 16.3 Å². The second kappa shape index (κ2) is 6.21. The molecule has 1 fully saturated rings. The standard InChI is InChI=1S/C17H20ClN5/c1-4-15-20-5-6-22(15)8-13-9-23(10-13)17-14(7-19)11(2)16(18)12(3)21-17/h5-6,13H,4,8-10H2,1-3H3. The van der Waals surface area contributed by atoms with Crippen molar-refractivity contribution in [2.24, 2.45) is 5.92 Å². The Balaban J connectivity index is 1.74. The molecular weight excluding hydrogens is 310 g/mol. The fourth-order valence-corrected chi connectivity index (χ4v) is 3.27. The molecule has 120 valence electrons. The van der Waals surface area contributed by atoms with Crippen LogP contribution in [0.5, 0.6) is 0 Å². The summed E-state index contributed by atoms with van der Waals surface area (Å²) >= 11 is 6.21. The van der Waals surface area contributed by atoms with Crippen LogP contribution in [-0.4, -0.2) is 27.6 Å². The van der Waals surface area contributed by atoms with Crippen molar-refractivity contribution >= 4 is 17.4 Å². The minimum atomic E-state index is 0.555. The van der Waals surface area contributed by atoms with E-state index in [1.165, 1.54) is 0 Å². The Labute approximate surface area is 141 Å². The average molecular weight is 330 g/mol. The molecule has 2 aromatic heterocycles. The first-order valence-electron chi connectivity index (χ1n) is 7.86. The second-order valence-electron chi connectivity index (χ2n) is 6.07. The van der Waals surface area contributed by atoms with E-state index in [0.717, 1.165) is 49.0 Å². The normalized spacial score (nSPS) is 14.7. The third kappa shape index (κ3) is 2.79. The van der Waals surface area contributed by atoms with Gasteiger partial charge in [0, 0.05) is 44.4 Å². The third-order valence-corrected chi connectivity index (χ3v) is 5.02. The van der Waals surface area contributed by atoms with Gasteiger partial charge in [0.1, 0.15) is 17.7 Å². The van der Waals surface area contributed by atoms with Crippen molar-refractivity contribution < 1.29 is 0 Å². The minimum Gasteiger partial charge on any atom is -0.355 e. The Morgan fingerprint density at radius 2 is 2.13 bits per heavy atom. The number of hydrogen-bond donors (Lipinski definition) is 0. The van der Waals surface area contributed by atoms with E-state index in [-0.39, 0.29) is 0 Å². The summed E-state index contributed by atoms with van der Waals surface area (Å²) in [5.74, 6) is 2.45. The number of anilines is 1. The lowest BCUT2D eigenvalue weighted by Gasteiger charge is -2.41. The van der Waals surface area contributed by atoms with Crippen molar-refractivity contribution in [3.63, 3.8) is 0 Å². The van der Waals surface area contributed by atoms with Gasteiger partial charge in [-0.05, 0) is 19.4 Å². The molecular formula is C17H20ClN5. The number of imidazole rings is 1. The summed E-state index contributed by atoms with van der Waals surface area (Å²) in [4.78, 5) is 11.1. The van der Waals surface area contributed by atoms with Gasteiger partial charge in [0.25, 0.3) is 0 Å². The fraction of sp³-hybridized carbons (Fsp3) is 0.471. The van der Waals surface area contributed by atoms with Crippen molar-refractivity contribution in [2.45, 2.75) is 33.7 Å². The maximum absolute atomic E-state index is 9.44. The van der Waals surface area contributed by atoms with Crippen LogP contribution in [0.25, 0.3) is 0 Å². The zero-order chi connectivity index (χ0) is 16.6. The van der Waals surface area contributed by atoms with Gasteiger partial charge in [-0.15, -0.1) is 0 Å². The smallest absolute Gasteiger partial charge is 0.147 e. The highest BCUT2D eigenvalue weighted by Crippen LogP contribution is 2.32. The molecule has 5 nitrogen and oxygen atoms in total. The van der Waals surface area contributed by atoms with E-state index < -0.39 is 0 Å². The van der Waals surface area contributed by atoms with Gasteiger partial charge in [-0.1, -0.05) is 18.5 Å². The third-order valence-electron chi connectivity index (χ3n) is 4.46. The van der Waals surface area contributed by atoms with Crippen molar-refractivity contribution in [2.75, 3.05) is 18.0 Å². The van der Waals surface area contributed by atoms with Gasteiger partial charge in [0.15, 0.2) is 0 Å². The molecule has 0 spiro atoms. The Morgan fingerprint density at radius 3 is 2.78 bits per heavy atom. The lowest BCUT2D eigenvalue weighted by molar-refractivity contribution is 0.350. The van der Waals surface area contributed by atoms with E-state index in [9.17, 15) is 5.26 Å². The van der Waals surface area contributed by atoms with Crippen LogP contribution < -0.4 is 4.90 Å². The second-order valence-corrected chi connectivity index (χ2v) is 6.44. The highest BCUT2D eigenvalue weighted by Gasteiger charge is 2.31. The number of nitrogens with zero attached hydrogens (tertiary/aromatic N) is 5. The van der Waals surface area contributed by atoms with Crippen molar-refractivity contribution in [1.29, 1.82) is 5.26 Å². The van der Waals surface area contributed by atoms with Gasteiger partial charge in [-0.25, -0.2) is 9.97 Å². The SMILES string of the molecule is CCc1nccn1CC1CN(c2nc(C)c(Cl)c(C)c2C#N)C1. The van der Waals surface area contributed by atoms with E-state index in [4.69, 9.17) is 11.6 Å². The Bertz CT molecular complexity index is 768. The predicted molar refractivity (Wildman–Crippen MR) is 90.7 cm³/mol. The maximum atomic E-state index is 9.44. The van der Waals surface area contributed by atoms with Crippen molar-refractivity contribution in [1.82, 2.24) is 14.5 Å². The molecule has 0 radical (unpaired) electrons. The lowest BCUT2D eigenvalue weighted by Crippen LogP contribution is -2.49. The fourth-order valence-electron chi connectivity index (χ4n) is 3.13. The molecule has 0 N–H and O–H groups in total. The summed E-state index contributed by atoms with van der Waals surface area (Å²) in [7, 11) is 0. The lowest BCUT2D eigenvalue weighted by atomic mass is 9.98. The summed E-state index contributed by atoms with van der Waals surface area (Å²) in [5.41, 5.74) is 2.20. The summed E-state index contributed by atoms with van der Waals surface area (Å²) < 4.78 is 2.22. The first-order chi connectivity index (χ1) is 11.0. The number of nitriles is 1. The molecule has 0 saturated carbocycles. The molecule has 1 aliphatic heterocycles. The maximum Gasteiger partial charge on any atom is 0.147 e. The highest BCUT2D eigenvalue weighted by molar-refractivity contribution is 6.32. The van der Waals surface area contributed by atoms with Crippen LogP contribution in [0.1, 0.15) is 29.6 Å². The van der Waals surface area contributed by atoms with Crippen molar-refractivity contribution in [3.05, 3.63) is 40.1 Å². The van der Waals surface area contributed by atoms with E-state index in [1.54, 1.807) is 0 Å². The molecule has 0 bridgehead atoms. The number of rotatable bonds is 4. The molecule has 0 atom stereocenters. The molecule has 23 heavy (non-hydrogen) atoms. The van der Waals surface area contributed by atoms with Crippen LogP contribution in [0, 0.1) is 31.1 Å². The molecule has 6 heteroatoms. The van der Waals surface area contributed by atoms with E-state index in [1.807, 2.05) is 26.2 Å². The van der Waals surface area contributed by atoms with Crippen LogP contribution in [0.4, 0.5) is 5.82 Å². The van der Waals surface area contributed by atoms with Crippen molar-refractivity contribution in [3.8, 4) is 6.07 Å². The average Bonchev–Trinajstić information content (AvgIpc) is 2.95. The van der Waals surface area contributed by atoms with E-state index >= 15 is 0 Å². The summed E-state index contributed by atoms with van der Waals surface area (Å²) in [6, 6.07) is 2.26. The molecule has 0 aliphatic carbocycles. The van der Waals surface area contributed by atoms with E-state index in [2.05, 4.69) is 32.4 Å². The first-order valence-corrected chi connectivity index (χ1v) is 8.24. The zero-order valence-corrected chi connectivity index (χ0v) is 14.4. The topological polar surface area (TPSA) is 57.7 Å². The monoisotopic (exact) mass is 329 g/mol.